The Bertz CT molecular complexity index is 693. The van der Waals surface area contributed by atoms with Crippen molar-refractivity contribution in [2.24, 2.45) is 23.7 Å². The second-order valence-electron chi connectivity index (χ2n) is 6.52. The molecule has 1 aliphatic heterocycles. The molecule has 3 amide bonds. The van der Waals surface area contributed by atoms with Crippen molar-refractivity contribution in [3.05, 3.63) is 34.0 Å². The number of carbonyl (C=O) groups is 3. The Morgan fingerprint density at radius 3 is 2.48 bits per heavy atom. The summed E-state index contributed by atoms with van der Waals surface area (Å²) in [5.41, 5.74) is 0.943. The van der Waals surface area contributed by atoms with E-state index in [4.69, 9.17) is 0 Å². The van der Waals surface area contributed by atoms with Crippen LogP contribution in [0.25, 0.3) is 0 Å². The third-order valence-electron chi connectivity index (χ3n) is 5.25. The SMILES string of the molecule is Cc1ccsc1C(=O)NCCN1C(=O)[C@@H]2[C@@H](C1=O)[C@H]1C=C[C@H]2C1. The van der Waals surface area contributed by atoms with E-state index in [-0.39, 0.29) is 47.9 Å². The maximum atomic E-state index is 12.5. The number of nitrogens with zero attached hydrogens (tertiary/aromatic N) is 1. The lowest BCUT2D eigenvalue weighted by Gasteiger charge is -2.17. The standard InChI is InChI=1S/C17H18N2O3S/c1-9-4-7-23-14(9)15(20)18-5-6-19-16(21)12-10-2-3-11(8-10)13(12)17(19)22/h2-4,7,10-13H,5-6,8H2,1H3,(H,18,20)/t10-,11-,12-,13-/m0/s1. The molecule has 1 saturated heterocycles. The largest absolute Gasteiger partial charge is 0.350 e. The lowest BCUT2D eigenvalue weighted by atomic mass is 9.85. The first-order chi connectivity index (χ1) is 11.1. The van der Waals surface area contributed by atoms with Crippen molar-refractivity contribution in [3.8, 4) is 0 Å². The number of hydrogen-bond donors (Lipinski definition) is 1. The molecule has 4 atom stereocenters. The summed E-state index contributed by atoms with van der Waals surface area (Å²) in [6, 6.07) is 1.90. The van der Waals surface area contributed by atoms with E-state index in [1.54, 1.807) is 0 Å². The minimum Gasteiger partial charge on any atom is -0.350 e. The van der Waals surface area contributed by atoms with E-state index >= 15 is 0 Å². The molecule has 1 aromatic heterocycles. The second kappa shape index (κ2) is 5.30. The summed E-state index contributed by atoms with van der Waals surface area (Å²) in [6.07, 6.45) is 5.11. The van der Waals surface area contributed by atoms with E-state index in [0.717, 1.165) is 12.0 Å². The molecule has 23 heavy (non-hydrogen) atoms. The average molecular weight is 330 g/mol. The summed E-state index contributed by atoms with van der Waals surface area (Å²) in [5, 5.41) is 4.68. The van der Waals surface area contributed by atoms with Crippen LogP contribution in [0, 0.1) is 30.6 Å². The van der Waals surface area contributed by atoms with Gasteiger partial charge in [-0.1, -0.05) is 12.2 Å². The smallest absolute Gasteiger partial charge is 0.261 e. The zero-order chi connectivity index (χ0) is 16.1. The fourth-order valence-electron chi connectivity index (χ4n) is 4.15. The van der Waals surface area contributed by atoms with Crippen molar-refractivity contribution in [1.29, 1.82) is 0 Å². The van der Waals surface area contributed by atoms with Crippen LogP contribution in [0.4, 0.5) is 0 Å². The van der Waals surface area contributed by atoms with Crippen LogP contribution < -0.4 is 5.32 Å². The van der Waals surface area contributed by atoms with Crippen LogP contribution in [-0.4, -0.2) is 35.7 Å². The molecule has 120 valence electrons. The fraction of sp³-hybridized carbons (Fsp3) is 0.471. The van der Waals surface area contributed by atoms with Gasteiger partial charge >= 0.3 is 0 Å². The fourth-order valence-corrected chi connectivity index (χ4v) is 4.99. The van der Waals surface area contributed by atoms with Crippen LogP contribution in [0.1, 0.15) is 21.7 Å². The minimum absolute atomic E-state index is 0.0570. The van der Waals surface area contributed by atoms with Crippen LogP contribution in [0.15, 0.2) is 23.6 Å². The maximum absolute atomic E-state index is 12.5. The van der Waals surface area contributed by atoms with Crippen LogP contribution >= 0.6 is 11.3 Å². The Morgan fingerprint density at radius 2 is 1.91 bits per heavy atom. The molecule has 0 aromatic carbocycles. The summed E-state index contributed by atoms with van der Waals surface area (Å²) in [5.74, 6) is -0.111. The van der Waals surface area contributed by atoms with Gasteiger partial charge in [0.25, 0.3) is 5.91 Å². The molecular formula is C17H18N2O3S. The van der Waals surface area contributed by atoms with Gasteiger partial charge in [0.05, 0.1) is 16.7 Å². The highest BCUT2D eigenvalue weighted by Gasteiger charge is 2.58. The molecule has 1 N–H and O–H groups in total. The Balaban J connectivity index is 1.37. The Morgan fingerprint density at radius 1 is 1.26 bits per heavy atom. The van der Waals surface area contributed by atoms with Gasteiger partial charge < -0.3 is 5.32 Å². The molecule has 0 spiro atoms. The third kappa shape index (κ3) is 2.16. The van der Waals surface area contributed by atoms with Crippen molar-refractivity contribution < 1.29 is 14.4 Å². The summed E-state index contributed by atoms with van der Waals surface area (Å²) >= 11 is 1.40. The number of carbonyl (C=O) groups excluding carboxylic acids is 3. The number of allylic oxidation sites excluding steroid dienone is 2. The first-order valence-electron chi connectivity index (χ1n) is 7.94. The third-order valence-corrected chi connectivity index (χ3v) is 6.27. The molecule has 3 aliphatic rings. The molecule has 2 aliphatic carbocycles. The van der Waals surface area contributed by atoms with Gasteiger partial charge in [-0.15, -0.1) is 11.3 Å². The van der Waals surface area contributed by atoms with Gasteiger partial charge in [0.2, 0.25) is 11.8 Å². The Hall–Kier alpha value is -1.95. The molecule has 1 aromatic rings. The number of thiophene rings is 1. The van der Waals surface area contributed by atoms with Crippen molar-refractivity contribution in [2.45, 2.75) is 13.3 Å². The van der Waals surface area contributed by atoms with E-state index in [9.17, 15) is 14.4 Å². The van der Waals surface area contributed by atoms with Gasteiger partial charge in [-0.25, -0.2) is 0 Å². The number of likely N-dealkylation sites (tertiary alicyclic amines) is 1. The maximum Gasteiger partial charge on any atom is 0.261 e. The van der Waals surface area contributed by atoms with Gasteiger partial charge in [0, 0.05) is 13.1 Å². The monoisotopic (exact) mass is 330 g/mol. The average Bonchev–Trinajstić information content (AvgIpc) is 3.27. The van der Waals surface area contributed by atoms with Gasteiger partial charge in [-0.3, -0.25) is 19.3 Å². The molecule has 6 heteroatoms. The number of nitrogens with one attached hydrogen (secondary N) is 1. The van der Waals surface area contributed by atoms with Crippen LogP contribution in [-0.2, 0) is 9.59 Å². The zero-order valence-electron chi connectivity index (χ0n) is 12.8. The number of hydrogen-bond acceptors (Lipinski definition) is 4. The molecule has 5 nitrogen and oxygen atoms in total. The topological polar surface area (TPSA) is 66.5 Å². The van der Waals surface area contributed by atoms with Crippen LogP contribution in [0.3, 0.4) is 0 Å². The summed E-state index contributed by atoms with van der Waals surface area (Å²) in [7, 11) is 0. The summed E-state index contributed by atoms with van der Waals surface area (Å²) in [4.78, 5) is 39.1. The molecule has 2 heterocycles. The molecule has 4 rings (SSSR count). The molecule has 0 radical (unpaired) electrons. The normalized spacial score (nSPS) is 31.1. The Kier molecular flexibility index (Phi) is 3.37. The number of imide groups is 1. The van der Waals surface area contributed by atoms with Crippen molar-refractivity contribution >= 4 is 29.1 Å². The first-order valence-corrected chi connectivity index (χ1v) is 8.81. The quantitative estimate of drug-likeness (QED) is 0.673. The predicted molar refractivity (Wildman–Crippen MR) is 85.8 cm³/mol. The lowest BCUT2D eigenvalue weighted by molar-refractivity contribution is -0.140. The van der Waals surface area contributed by atoms with E-state index in [1.807, 2.05) is 18.4 Å². The molecule has 2 bridgehead atoms. The molecule has 2 fully saturated rings. The van der Waals surface area contributed by atoms with E-state index in [2.05, 4.69) is 17.5 Å². The van der Waals surface area contributed by atoms with Gasteiger partial charge in [0.1, 0.15) is 0 Å². The summed E-state index contributed by atoms with van der Waals surface area (Å²) in [6.45, 7) is 2.46. The van der Waals surface area contributed by atoms with Crippen LogP contribution in [0.5, 0.6) is 0 Å². The minimum atomic E-state index is -0.159. The van der Waals surface area contributed by atoms with Gasteiger partial charge in [0.15, 0.2) is 0 Å². The van der Waals surface area contributed by atoms with Crippen molar-refractivity contribution in [2.75, 3.05) is 13.1 Å². The first kappa shape index (κ1) is 14.6. The number of fused-ring (bicyclic) bond motifs is 5. The Labute approximate surface area is 138 Å². The second-order valence-corrected chi connectivity index (χ2v) is 7.43. The molecular weight excluding hydrogens is 312 g/mol. The number of rotatable bonds is 4. The van der Waals surface area contributed by atoms with Gasteiger partial charge in [-0.2, -0.15) is 0 Å². The number of aryl methyl sites for hydroxylation is 1. The van der Waals surface area contributed by atoms with Crippen molar-refractivity contribution in [1.82, 2.24) is 10.2 Å². The lowest BCUT2D eigenvalue weighted by Crippen LogP contribution is -2.39. The number of amides is 3. The highest BCUT2D eigenvalue weighted by Crippen LogP contribution is 2.52. The van der Waals surface area contributed by atoms with Crippen molar-refractivity contribution in [3.63, 3.8) is 0 Å². The highest BCUT2D eigenvalue weighted by atomic mass is 32.1. The summed E-state index contributed by atoms with van der Waals surface area (Å²) < 4.78 is 0. The zero-order valence-corrected chi connectivity index (χ0v) is 13.6. The molecule has 1 saturated carbocycles. The highest BCUT2D eigenvalue weighted by molar-refractivity contribution is 7.12. The van der Waals surface area contributed by atoms with E-state index < -0.39 is 0 Å². The predicted octanol–water partition coefficient (Wildman–Crippen LogP) is 1.59. The van der Waals surface area contributed by atoms with Gasteiger partial charge in [-0.05, 0) is 42.2 Å². The molecule has 0 unspecified atom stereocenters. The van der Waals surface area contributed by atoms with E-state index in [1.165, 1.54) is 16.2 Å². The van der Waals surface area contributed by atoms with Crippen LogP contribution in [0.2, 0.25) is 0 Å². The van der Waals surface area contributed by atoms with E-state index in [0.29, 0.717) is 11.4 Å².